The summed E-state index contributed by atoms with van der Waals surface area (Å²) in [5.74, 6) is 0.634. The lowest BCUT2D eigenvalue weighted by Gasteiger charge is -2.30. The Morgan fingerprint density at radius 1 is 1.05 bits per heavy atom. The van der Waals surface area contributed by atoms with Crippen LogP contribution < -0.4 is 19.1 Å². The topological polar surface area (TPSA) is 105 Å². The zero-order valence-electron chi connectivity index (χ0n) is 22.9. The van der Waals surface area contributed by atoms with Crippen molar-refractivity contribution in [3.63, 3.8) is 0 Å². The Bertz CT molecular complexity index is 1230. The molecule has 1 N–H and O–H groups in total. The first-order chi connectivity index (χ1) is 18.0. The van der Waals surface area contributed by atoms with Crippen LogP contribution in [-0.4, -0.2) is 63.2 Å². The predicted molar refractivity (Wildman–Crippen MR) is 148 cm³/mol. The molecular formula is C28H39N3O6S. The molecule has 2 amide bonds. The molecule has 1 heterocycles. The van der Waals surface area contributed by atoms with Gasteiger partial charge in [-0.1, -0.05) is 31.2 Å². The highest BCUT2D eigenvalue weighted by Gasteiger charge is 2.28. The smallest absolute Gasteiger partial charge is 0.242 e. The van der Waals surface area contributed by atoms with Crippen LogP contribution in [-0.2, 0) is 26.2 Å². The standard InChI is InChI=1S/C28H39N3O6S/c1-6-21(3)29-28(33)22(4)30(19-23-11-8-7-10-20(23)2)27(32)12-9-15-31(38(5,34)35)24-13-14-25-26(18-24)37-17-16-36-25/h7-8,10-11,13-14,18,21-22H,6,9,12,15-17,19H2,1-5H3,(H,29,33)/t21-,22-/m0/s1. The van der Waals surface area contributed by atoms with Gasteiger partial charge in [0.25, 0.3) is 0 Å². The number of benzene rings is 2. The number of ether oxygens (including phenoxy) is 2. The van der Waals surface area contributed by atoms with Gasteiger partial charge in [-0.15, -0.1) is 0 Å². The molecule has 0 saturated heterocycles. The van der Waals surface area contributed by atoms with E-state index in [9.17, 15) is 18.0 Å². The number of amides is 2. The van der Waals surface area contributed by atoms with Crippen molar-refractivity contribution in [1.82, 2.24) is 10.2 Å². The molecule has 3 rings (SSSR count). The molecule has 0 saturated carbocycles. The minimum Gasteiger partial charge on any atom is -0.486 e. The number of hydrogen-bond acceptors (Lipinski definition) is 6. The first kappa shape index (κ1) is 29.3. The van der Waals surface area contributed by atoms with Crippen molar-refractivity contribution in [2.75, 3.05) is 30.3 Å². The molecule has 2 aromatic rings. The molecule has 2 aromatic carbocycles. The Kier molecular flexibility index (Phi) is 10.0. The summed E-state index contributed by atoms with van der Waals surface area (Å²) < 4.78 is 37.7. The molecule has 1 aliphatic rings. The fourth-order valence-corrected chi connectivity index (χ4v) is 5.17. The Morgan fingerprint density at radius 3 is 2.39 bits per heavy atom. The molecule has 10 heteroatoms. The molecule has 38 heavy (non-hydrogen) atoms. The monoisotopic (exact) mass is 545 g/mol. The average molecular weight is 546 g/mol. The van der Waals surface area contributed by atoms with Gasteiger partial charge in [-0.3, -0.25) is 13.9 Å². The van der Waals surface area contributed by atoms with Crippen molar-refractivity contribution in [3.05, 3.63) is 53.6 Å². The number of sulfonamides is 1. The number of carbonyl (C=O) groups is 2. The van der Waals surface area contributed by atoms with E-state index in [0.717, 1.165) is 23.8 Å². The number of nitrogens with zero attached hydrogens (tertiary/aromatic N) is 2. The summed E-state index contributed by atoms with van der Waals surface area (Å²) in [6.45, 7) is 8.84. The SMILES string of the molecule is CC[C@H](C)NC(=O)[C@H](C)N(Cc1ccccc1C)C(=O)CCCN(c1ccc2c(c1)OCCO2)S(C)(=O)=O. The average Bonchev–Trinajstić information content (AvgIpc) is 2.89. The number of nitrogens with one attached hydrogen (secondary N) is 1. The summed E-state index contributed by atoms with van der Waals surface area (Å²) in [7, 11) is -3.62. The fraction of sp³-hybridized carbons (Fsp3) is 0.500. The van der Waals surface area contributed by atoms with E-state index < -0.39 is 16.1 Å². The molecule has 0 aliphatic carbocycles. The zero-order valence-corrected chi connectivity index (χ0v) is 23.7. The van der Waals surface area contributed by atoms with Gasteiger partial charge in [-0.25, -0.2) is 8.42 Å². The highest BCUT2D eigenvalue weighted by atomic mass is 32.2. The maximum atomic E-state index is 13.5. The van der Waals surface area contributed by atoms with Crippen molar-refractivity contribution >= 4 is 27.5 Å². The van der Waals surface area contributed by atoms with Crippen LogP contribution in [0.2, 0.25) is 0 Å². The Balaban J connectivity index is 1.75. The van der Waals surface area contributed by atoms with Crippen molar-refractivity contribution < 1.29 is 27.5 Å². The normalized spacial score (nSPS) is 14.3. The molecule has 1 aliphatic heterocycles. The lowest BCUT2D eigenvalue weighted by atomic mass is 10.1. The van der Waals surface area contributed by atoms with Crippen LogP contribution in [0.4, 0.5) is 5.69 Å². The van der Waals surface area contributed by atoms with E-state index in [0.29, 0.717) is 36.9 Å². The van der Waals surface area contributed by atoms with Crippen molar-refractivity contribution in [2.24, 2.45) is 0 Å². The molecule has 0 bridgehead atoms. The molecule has 0 unspecified atom stereocenters. The maximum absolute atomic E-state index is 13.5. The van der Waals surface area contributed by atoms with Crippen LogP contribution in [0.5, 0.6) is 11.5 Å². The third-order valence-electron chi connectivity index (χ3n) is 6.74. The molecule has 2 atom stereocenters. The highest BCUT2D eigenvalue weighted by Crippen LogP contribution is 2.34. The quantitative estimate of drug-likeness (QED) is 0.437. The van der Waals surface area contributed by atoms with E-state index in [2.05, 4.69) is 5.32 Å². The van der Waals surface area contributed by atoms with Gasteiger partial charge in [0, 0.05) is 31.6 Å². The molecule has 208 valence electrons. The van der Waals surface area contributed by atoms with E-state index in [1.807, 2.05) is 45.0 Å². The van der Waals surface area contributed by atoms with Crippen molar-refractivity contribution in [1.29, 1.82) is 0 Å². The summed E-state index contributed by atoms with van der Waals surface area (Å²) in [6.07, 6.45) is 2.29. The maximum Gasteiger partial charge on any atom is 0.242 e. The van der Waals surface area contributed by atoms with Gasteiger partial charge >= 0.3 is 0 Å². The summed E-state index contributed by atoms with van der Waals surface area (Å²) in [6, 6.07) is 12.1. The van der Waals surface area contributed by atoms with Gasteiger partial charge in [-0.05, 0) is 56.9 Å². The van der Waals surface area contributed by atoms with Crippen LogP contribution >= 0.6 is 0 Å². The number of hydrogen-bond donors (Lipinski definition) is 1. The Hall–Kier alpha value is -3.27. The molecule has 0 spiro atoms. The molecule has 9 nitrogen and oxygen atoms in total. The first-order valence-corrected chi connectivity index (χ1v) is 14.9. The minimum atomic E-state index is -3.62. The minimum absolute atomic E-state index is 0.00493. The first-order valence-electron chi connectivity index (χ1n) is 13.0. The number of carbonyl (C=O) groups excluding carboxylic acids is 2. The summed E-state index contributed by atoms with van der Waals surface area (Å²) in [5.41, 5.74) is 2.43. The number of fused-ring (bicyclic) bond motifs is 1. The van der Waals surface area contributed by atoms with Crippen LogP contribution in [0, 0.1) is 6.92 Å². The fourth-order valence-electron chi connectivity index (χ4n) is 4.21. The van der Waals surface area contributed by atoms with Gasteiger partial charge in [0.1, 0.15) is 19.3 Å². The van der Waals surface area contributed by atoms with Crippen LogP contribution in [0.1, 0.15) is 51.2 Å². The molecule has 0 aromatic heterocycles. The van der Waals surface area contributed by atoms with Crippen molar-refractivity contribution in [3.8, 4) is 11.5 Å². The lowest BCUT2D eigenvalue weighted by Crippen LogP contribution is -2.49. The van der Waals surface area contributed by atoms with Gasteiger partial charge in [0.05, 0.1) is 11.9 Å². The zero-order chi connectivity index (χ0) is 27.9. The van der Waals surface area contributed by atoms with Crippen LogP contribution in [0.3, 0.4) is 0 Å². The van der Waals surface area contributed by atoms with E-state index in [-0.39, 0.29) is 37.2 Å². The van der Waals surface area contributed by atoms with E-state index in [4.69, 9.17) is 9.47 Å². The largest absolute Gasteiger partial charge is 0.486 e. The number of rotatable bonds is 12. The number of aryl methyl sites for hydroxylation is 1. The van der Waals surface area contributed by atoms with E-state index in [1.54, 1.807) is 30.0 Å². The second kappa shape index (κ2) is 13.0. The van der Waals surface area contributed by atoms with Crippen LogP contribution in [0.25, 0.3) is 0 Å². The predicted octanol–water partition coefficient (Wildman–Crippen LogP) is 3.64. The third kappa shape index (κ3) is 7.63. The summed E-state index contributed by atoms with van der Waals surface area (Å²) >= 11 is 0. The Morgan fingerprint density at radius 2 is 1.74 bits per heavy atom. The molecule has 0 radical (unpaired) electrons. The highest BCUT2D eigenvalue weighted by molar-refractivity contribution is 7.92. The lowest BCUT2D eigenvalue weighted by molar-refractivity contribution is -0.140. The van der Waals surface area contributed by atoms with E-state index >= 15 is 0 Å². The van der Waals surface area contributed by atoms with Gasteiger partial charge < -0.3 is 19.7 Å². The van der Waals surface area contributed by atoms with Gasteiger partial charge in [0.2, 0.25) is 21.8 Å². The van der Waals surface area contributed by atoms with Crippen LogP contribution in [0.15, 0.2) is 42.5 Å². The number of anilines is 1. The van der Waals surface area contributed by atoms with Gasteiger partial charge in [-0.2, -0.15) is 0 Å². The summed E-state index contributed by atoms with van der Waals surface area (Å²) in [5, 5.41) is 2.96. The second-order valence-electron chi connectivity index (χ2n) is 9.71. The van der Waals surface area contributed by atoms with E-state index in [1.165, 1.54) is 4.31 Å². The molecular weight excluding hydrogens is 506 g/mol. The Labute approximate surface area is 226 Å². The second-order valence-corrected chi connectivity index (χ2v) is 11.6. The van der Waals surface area contributed by atoms with Crippen molar-refractivity contribution in [2.45, 2.75) is 65.6 Å². The summed E-state index contributed by atoms with van der Waals surface area (Å²) in [4.78, 5) is 28.0. The third-order valence-corrected chi connectivity index (χ3v) is 7.93. The molecule has 0 fully saturated rings. The van der Waals surface area contributed by atoms with Gasteiger partial charge in [0.15, 0.2) is 11.5 Å².